The van der Waals surface area contributed by atoms with Gasteiger partial charge in [0.05, 0.1) is 25.9 Å². The molecule has 1 aliphatic heterocycles. The minimum atomic E-state index is 0.253. The van der Waals surface area contributed by atoms with Gasteiger partial charge in [-0.2, -0.15) is 0 Å². The van der Waals surface area contributed by atoms with Crippen molar-refractivity contribution in [2.24, 2.45) is 5.92 Å². The molecule has 22 heavy (non-hydrogen) atoms. The molecule has 0 aromatic heterocycles. The third kappa shape index (κ3) is 10.2. The molecule has 4 nitrogen and oxygen atoms in total. The fourth-order valence-electron chi connectivity index (χ4n) is 2.19. The van der Waals surface area contributed by atoms with E-state index in [1.165, 1.54) is 32.4 Å². The molecule has 0 bridgehead atoms. The van der Waals surface area contributed by atoms with Crippen LogP contribution >= 0.6 is 0 Å². The van der Waals surface area contributed by atoms with Gasteiger partial charge in [0.25, 0.3) is 0 Å². The quantitative estimate of drug-likeness (QED) is 0.458. The van der Waals surface area contributed by atoms with E-state index in [2.05, 4.69) is 37.5 Å². The summed E-state index contributed by atoms with van der Waals surface area (Å²) in [5, 5.41) is 0. The maximum atomic E-state index is 5.58. The van der Waals surface area contributed by atoms with Crippen molar-refractivity contribution in [2.75, 3.05) is 52.7 Å². The molecule has 0 aliphatic carbocycles. The summed E-state index contributed by atoms with van der Waals surface area (Å²) in [7, 11) is 0. The summed E-state index contributed by atoms with van der Waals surface area (Å²) in [6.07, 6.45) is 4.31. The molecule has 1 saturated heterocycles. The highest BCUT2D eigenvalue weighted by Crippen LogP contribution is 2.07. The van der Waals surface area contributed by atoms with Crippen molar-refractivity contribution in [2.45, 2.75) is 46.1 Å². The Labute approximate surface area is 136 Å². The molecule has 0 aromatic carbocycles. The van der Waals surface area contributed by atoms with Gasteiger partial charge in [0.1, 0.15) is 13.2 Å². The molecular weight excluding hydrogens is 278 g/mol. The second-order valence-corrected chi connectivity index (χ2v) is 6.18. The van der Waals surface area contributed by atoms with Gasteiger partial charge in [-0.25, -0.2) is 0 Å². The summed E-state index contributed by atoms with van der Waals surface area (Å²) < 4.78 is 16.6. The molecule has 1 heterocycles. The molecule has 1 aliphatic rings. The van der Waals surface area contributed by atoms with Crippen LogP contribution in [0.25, 0.3) is 0 Å². The second-order valence-electron chi connectivity index (χ2n) is 6.18. The lowest BCUT2D eigenvalue weighted by molar-refractivity contribution is 0.0459. The number of ether oxygens (including phenoxy) is 3. The van der Waals surface area contributed by atoms with E-state index in [0.717, 1.165) is 13.2 Å². The largest absolute Gasteiger partial charge is 0.378 e. The van der Waals surface area contributed by atoms with Crippen molar-refractivity contribution >= 4 is 0 Å². The van der Waals surface area contributed by atoms with Crippen LogP contribution in [0.5, 0.6) is 0 Å². The summed E-state index contributed by atoms with van der Waals surface area (Å²) in [5.41, 5.74) is 0. The van der Waals surface area contributed by atoms with Crippen molar-refractivity contribution in [3.05, 3.63) is 0 Å². The van der Waals surface area contributed by atoms with Crippen LogP contribution in [0.1, 0.15) is 40.0 Å². The molecule has 0 aromatic rings. The molecule has 4 heteroatoms. The Morgan fingerprint density at radius 3 is 2.27 bits per heavy atom. The molecule has 1 fully saturated rings. The van der Waals surface area contributed by atoms with E-state index in [9.17, 15) is 0 Å². The van der Waals surface area contributed by atoms with Crippen LogP contribution in [-0.2, 0) is 14.2 Å². The van der Waals surface area contributed by atoms with Crippen molar-refractivity contribution in [1.29, 1.82) is 0 Å². The zero-order valence-corrected chi connectivity index (χ0v) is 14.6. The number of hydrogen-bond acceptors (Lipinski definition) is 4. The van der Waals surface area contributed by atoms with E-state index in [1.807, 2.05) is 0 Å². The highest BCUT2D eigenvalue weighted by molar-refractivity contribution is 4.99. The Balaban J connectivity index is 1.83. The lowest BCUT2D eigenvalue weighted by Crippen LogP contribution is -2.32. The fraction of sp³-hybridized carbons (Fsp3) is 0.889. The van der Waals surface area contributed by atoms with Gasteiger partial charge >= 0.3 is 0 Å². The smallest absolute Gasteiger partial charge is 0.108 e. The van der Waals surface area contributed by atoms with Crippen molar-refractivity contribution in [3.63, 3.8) is 0 Å². The molecule has 0 spiro atoms. The monoisotopic (exact) mass is 311 g/mol. The van der Waals surface area contributed by atoms with Crippen molar-refractivity contribution in [1.82, 2.24) is 4.90 Å². The van der Waals surface area contributed by atoms with E-state index in [0.29, 0.717) is 32.3 Å². The fourth-order valence-corrected chi connectivity index (χ4v) is 2.19. The van der Waals surface area contributed by atoms with E-state index in [1.54, 1.807) is 0 Å². The van der Waals surface area contributed by atoms with Gasteiger partial charge < -0.3 is 19.1 Å². The van der Waals surface area contributed by atoms with Gasteiger partial charge in [-0.1, -0.05) is 32.1 Å². The summed E-state index contributed by atoms with van der Waals surface area (Å²) >= 11 is 0. The summed E-state index contributed by atoms with van der Waals surface area (Å²) in [5.74, 6) is 6.46. The summed E-state index contributed by atoms with van der Waals surface area (Å²) in [4.78, 5) is 2.48. The van der Waals surface area contributed by atoms with Gasteiger partial charge in [-0.05, 0) is 38.8 Å². The van der Waals surface area contributed by atoms with Crippen LogP contribution in [0.2, 0.25) is 0 Å². The maximum Gasteiger partial charge on any atom is 0.108 e. The molecule has 0 amide bonds. The Morgan fingerprint density at radius 1 is 0.864 bits per heavy atom. The predicted molar refractivity (Wildman–Crippen MR) is 90.0 cm³/mol. The first kappa shape index (κ1) is 19.4. The highest BCUT2D eigenvalue weighted by Gasteiger charge is 2.08. The summed E-state index contributed by atoms with van der Waals surface area (Å²) in [6.45, 7) is 12.9. The van der Waals surface area contributed by atoms with Crippen LogP contribution in [0.15, 0.2) is 0 Å². The molecule has 0 radical (unpaired) electrons. The lowest BCUT2D eigenvalue weighted by Gasteiger charge is -2.26. The number of rotatable bonds is 10. The Hall–Kier alpha value is -0.600. The number of likely N-dealkylation sites (tertiary alicyclic amines) is 1. The Bertz CT molecular complexity index is 316. The Kier molecular flexibility index (Phi) is 11.4. The second kappa shape index (κ2) is 12.9. The zero-order chi connectivity index (χ0) is 16.0. The third-order valence-electron chi connectivity index (χ3n) is 4.03. The van der Waals surface area contributed by atoms with Gasteiger partial charge in [-0.15, -0.1) is 0 Å². The van der Waals surface area contributed by atoms with Crippen molar-refractivity contribution < 1.29 is 14.2 Å². The molecule has 0 saturated carbocycles. The molecule has 1 atom stereocenters. The summed E-state index contributed by atoms with van der Waals surface area (Å²) in [6, 6.07) is 0. The zero-order valence-electron chi connectivity index (χ0n) is 14.6. The molecule has 0 N–H and O–H groups in total. The maximum absolute atomic E-state index is 5.58. The van der Waals surface area contributed by atoms with E-state index >= 15 is 0 Å². The van der Waals surface area contributed by atoms with Gasteiger partial charge in [0.2, 0.25) is 0 Å². The minimum Gasteiger partial charge on any atom is -0.378 e. The van der Waals surface area contributed by atoms with E-state index < -0.39 is 0 Å². The lowest BCUT2D eigenvalue weighted by atomic mass is 10.1. The number of nitrogens with zero attached hydrogens (tertiary/aromatic N) is 1. The first-order valence-electron chi connectivity index (χ1n) is 8.65. The van der Waals surface area contributed by atoms with E-state index in [-0.39, 0.29) is 6.10 Å². The minimum absolute atomic E-state index is 0.253. The Morgan fingerprint density at radius 2 is 1.55 bits per heavy atom. The first-order chi connectivity index (χ1) is 10.7. The standard InChI is InChI=1S/C18H33NO3/c1-17(2)18(3)22-13-8-7-12-20-15-16-21-14-11-19-9-5-4-6-10-19/h17-18H,4-6,9-16H2,1-3H3/t18-/m0/s1. The van der Waals surface area contributed by atoms with Crippen LogP contribution in [-0.4, -0.2) is 63.7 Å². The SMILES string of the molecule is CC(C)[C@H](C)OCC#CCOCCOCCN1CCCCC1. The number of hydrogen-bond donors (Lipinski definition) is 0. The van der Waals surface area contributed by atoms with Crippen LogP contribution in [0.4, 0.5) is 0 Å². The van der Waals surface area contributed by atoms with E-state index in [4.69, 9.17) is 14.2 Å². The first-order valence-corrected chi connectivity index (χ1v) is 8.65. The number of piperidine rings is 1. The van der Waals surface area contributed by atoms with Crippen LogP contribution < -0.4 is 0 Å². The average Bonchev–Trinajstić information content (AvgIpc) is 2.53. The third-order valence-corrected chi connectivity index (χ3v) is 4.03. The average molecular weight is 311 g/mol. The molecule has 1 rings (SSSR count). The topological polar surface area (TPSA) is 30.9 Å². The van der Waals surface area contributed by atoms with Gasteiger partial charge in [-0.3, -0.25) is 0 Å². The predicted octanol–water partition coefficient (Wildman–Crippen LogP) is 2.57. The molecular formula is C18H33NO3. The molecule has 0 unspecified atom stereocenters. The molecule has 128 valence electrons. The van der Waals surface area contributed by atoms with Crippen LogP contribution in [0.3, 0.4) is 0 Å². The van der Waals surface area contributed by atoms with Crippen LogP contribution in [0, 0.1) is 17.8 Å². The highest BCUT2D eigenvalue weighted by atomic mass is 16.5. The van der Waals surface area contributed by atoms with Gasteiger partial charge in [0.15, 0.2) is 0 Å². The van der Waals surface area contributed by atoms with Gasteiger partial charge in [0, 0.05) is 6.54 Å². The normalized spacial score (nSPS) is 17.3. The van der Waals surface area contributed by atoms with Crippen molar-refractivity contribution in [3.8, 4) is 11.8 Å².